The third-order valence-corrected chi connectivity index (χ3v) is 8.46. The number of esters is 1. The van der Waals surface area contributed by atoms with Crippen molar-refractivity contribution in [2.24, 2.45) is 5.92 Å². The van der Waals surface area contributed by atoms with E-state index in [0.717, 1.165) is 11.1 Å². The zero-order valence-corrected chi connectivity index (χ0v) is 31.2. The molecule has 3 aromatic carbocycles. The van der Waals surface area contributed by atoms with Crippen molar-refractivity contribution in [3.63, 3.8) is 0 Å². The Kier molecular flexibility index (Phi) is 16.1. The van der Waals surface area contributed by atoms with Crippen molar-refractivity contribution in [3.05, 3.63) is 83.9 Å². The van der Waals surface area contributed by atoms with Crippen molar-refractivity contribution < 1.29 is 52.6 Å². The Morgan fingerprint density at radius 3 is 2.17 bits per heavy atom. The van der Waals surface area contributed by atoms with Crippen LogP contribution in [0.1, 0.15) is 51.2 Å². The van der Waals surface area contributed by atoms with Crippen LogP contribution in [0.5, 0.6) is 23.0 Å². The summed E-state index contributed by atoms with van der Waals surface area (Å²) in [6, 6.07) is 22.5. The molecule has 13 heteroatoms. The number of hydrogen-bond donors (Lipinski definition) is 2. The third-order valence-electron chi connectivity index (χ3n) is 8.46. The van der Waals surface area contributed by atoms with Crippen molar-refractivity contribution >= 4 is 18.0 Å². The molecule has 4 rings (SSSR count). The van der Waals surface area contributed by atoms with Crippen LogP contribution in [0.15, 0.2) is 72.8 Å². The molecule has 1 aliphatic heterocycles. The van der Waals surface area contributed by atoms with E-state index in [0.29, 0.717) is 55.6 Å². The maximum atomic E-state index is 13.1. The average molecular weight is 737 g/mol. The number of likely N-dealkylation sites (tertiary alicyclic amines) is 1. The molecule has 0 aromatic heterocycles. The number of carbonyl (C=O) groups excluding carboxylic acids is 3. The van der Waals surface area contributed by atoms with Gasteiger partial charge in [-0.15, -0.1) is 0 Å². The molecule has 0 spiro atoms. The molecule has 3 aromatic rings. The lowest BCUT2D eigenvalue weighted by molar-refractivity contribution is -0.171. The number of carbonyl (C=O) groups is 3. The van der Waals surface area contributed by atoms with Crippen LogP contribution in [0.3, 0.4) is 0 Å². The van der Waals surface area contributed by atoms with E-state index in [1.54, 1.807) is 21.0 Å². The first-order valence-electron chi connectivity index (χ1n) is 17.9. The second kappa shape index (κ2) is 20.9. The number of methoxy groups -OCH3 is 1. The first kappa shape index (κ1) is 40.8. The Hall–Kier alpha value is -5.01. The van der Waals surface area contributed by atoms with E-state index in [1.807, 2.05) is 72.8 Å². The SMILES string of the molecule is COc1ccccc1OCCCOc1ccc([C@H]2[C@H](O)CN(C(=O)O[C@H](C)OC(=O)C(C)C)C[C@@H]2OCCOc2ccccc2CCNC(C)=O)cc1. The van der Waals surface area contributed by atoms with E-state index in [4.69, 9.17) is 33.2 Å². The smallest absolute Gasteiger partial charge is 0.413 e. The number of ether oxygens (including phenoxy) is 7. The molecule has 0 saturated carbocycles. The average Bonchev–Trinajstić information content (AvgIpc) is 3.14. The van der Waals surface area contributed by atoms with Crippen molar-refractivity contribution in [2.45, 2.75) is 65.0 Å². The van der Waals surface area contributed by atoms with Crippen LogP contribution in [-0.2, 0) is 30.2 Å². The van der Waals surface area contributed by atoms with Crippen LogP contribution >= 0.6 is 0 Å². The Morgan fingerprint density at radius 2 is 1.47 bits per heavy atom. The summed E-state index contributed by atoms with van der Waals surface area (Å²) in [5.41, 5.74) is 1.76. The van der Waals surface area contributed by atoms with Gasteiger partial charge in [-0.3, -0.25) is 9.59 Å². The monoisotopic (exact) mass is 736 g/mol. The lowest BCUT2D eigenvalue weighted by Crippen LogP contribution is -2.54. The predicted octanol–water partition coefficient (Wildman–Crippen LogP) is 5.13. The molecule has 1 heterocycles. The van der Waals surface area contributed by atoms with E-state index < -0.39 is 36.5 Å². The number of piperidine rings is 1. The number of β-amino-alcohol motifs (C(OH)–C–C–N with tert-alkyl or cyclic N) is 1. The van der Waals surface area contributed by atoms with Crippen molar-refractivity contribution in [3.8, 4) is 23.0 Å². The maximum absolute atomic E-state index is 13.1. The summed E-state index contributed by atoms with van der Waals surface area (Å²) in [6.45, 7) is 8.16. The number of hydrogen-bond acceptors (Lipinski definition) is 11. The molecule has 0 unspecified atom stereocenters. The second-order valence-corrected chi connectivity index (χ2v) is 12.9. The van der Waals surface area contributed by atoms with E-state index in [2.05, 4.69) is 5.32 Å². The van der Waals surface area contributed by atoms with Gasteiger partial charge in [0.25, 0.3) is 0 Å². The molecule has 2 amide bonds. The van der Waals surface area contributed by atoms with E-state index in [-0.39, 0.29) is 38.1 Å². The highest BCUT2D eigenvalue weighted by Crippen LogP contribution is 2.33. The molecule has 1 aliphatic rings. The largest absolute Gasteiger partial charge is 0.493 e. The summed E-state index contributed by atoms with van der Waals surface area (Å²) >= 11 is 0. The van der Waals surface area contributed by atoms with Gasteiger partial charge in [0.15, 0.2) is 11.5 Å². The van der Waals surface area contributed by atoms with Crippen LogP contribution in [0, 0.1) is 5.92 Å². The van der Waals surface area contributed by atoms with Gasteiger partial charge in [-0.2, -0.15) is 0 Å². The molecule has 2 N–H and O–H groups in total. The van der Waals surface area contributed by atoms with Crippen LogP contribution in [0.25, 0.3) is 0 Å². The van der Waals surface area contributed by atoms with Gasteiger partial charge in [-0.05, 0) is 47.9 Å². The minimum Gasteiger partial charge on any atom is -0.493 e. The molecule has 0 radical (unpaired) electrons. The first-order chi connectivity index (χ1) is 25.5. The van der Waals surface area contributed by atoms with Crippen molar-refractivity contribution in [1.29, 1.82) is 0 Å². The number of aliphatic hydroxyl groups excluding tert-OH is 1. The quantitative estimate of drug-likeness (QED) is 0.0958. The van der Waals surface area contributed by atoms with Gasteiger partial charge >= 0.3 is 12.1 Å². The highest BCUT2D eigenvalue weighted by atomic mass is 16.7. The lowest BCUT2D eigenvalue weighted by Gasteiger charge is -2.41. The van der Waals surface area contributed by atoms with Gasteiger partial charge in [0.2, 0.25) is 12.2 Å². The van der Waals surface area contributed by atoms with E-state index >= 15 is 0 Å². The molecule has 1 saturated heterocycles. The number of nitrogens with one attached hydrogen (secondary N) is 1. The molecular formula is C40H52N2O11. The van der Waals surface area contributed by atoms with Crippen molar-refractivity contribution in [2.75, 3.05) is 53.2 Å². The Bertz CT molecular complexity index is 1600. The molecule has 13 nitrogen and oxygen atoms in total. The van der Waals surface area contributed by atoms with Crippen LogP contribution in [-0.4, -0.2) is 99.6 Å². The Labute approximate surface area is 311 Å². The molecule has 0 aliphatic carbocycles. The summed E-state index contributed by atoms with van der Waals surface area (Å²) in [6.07, 6.45) is -2.21. The zero-order valence-electron chi connectivity index (χ0n) is 31.2. The van der Waals surface area contributed by atoms with Crippen LogP contribution in [0.2, 0.25) is 0 Å². The fraction of sp³-hybridized carbons (Fsp3) is 0.475. The molecular weight excluding hydrogens is 684 g/mol. The first-order valence-corrected chi connectivity index (χ1v) is 17.9. The molecule has 1 fully saturated rings. The fourth-order valence-corrected chi connectivity index (χ4v) is 5.81. The predicted molar refractivity (Wildman–Crippen MR) is 196 cm³/mol. The number of aliphatic hydroxyl groups is 1. The Balaban J connectivity index is 1.37. The Morgan fingerprint density at radius 1 is 0.811 bits per heavy atom. The zero-order chi connectivity index (χ0) is 38.2. The molecule has 288 valence electrons. The number of rotatable bonds is 19. The minimum atomic E-state index is -1.11. The van der Waals surface area contributed by atoms with Gasteiger partial charge in [-0.25, -0.2) is 4.79 Å². The minimum absolute atomic E-state index is 0.0170. The molecule has 53 heavy (non-hydrogen) atoms. The second-order valence-electron chi connectivity index (χ2n) is 12.9. The lowest BCUT2D eigenvalue weighted by atomic mass is 9.84. The number of benzene rings is 3. The summed E-state index contributed by atoms with van der Waals surface area (Å²) in [4.78, 5) is 37.8. The standard InChI is InChI=1S/C40H52N2O11/c1-27(2)39(45)52-29(4)53-40(46)42-25-33(44)38(37(26-42)51-24-23-50-34-12-7-6-11-30(34)19-20-41-28(3)43)31-15-17-32(18-16-31)48-21-10-22-49-36-14-9-8-13-35(36)47-5/h6-9,11-18,27,29,33,37-38,44H,10,19-26H2,1-5H3,(H,41,43)/t29-,33-,37+,38+/m1/s1. The number of amides is 2. The summed E-state index contributed by atoms with van der Waals surface area (Å²) in [7, 11) is 1.60. The van der Waals surface area contributed by atoms with E-state index in [1.165, 1.54) is 18.7 Å². The van der Waals surface area contributed by atoms with Gasteiger partial charge in [0, 0.05) is 32.7 Å². The summed E-state index contributed by atoms with van der Waals surface area (Å²) in [5.74, 6) is 1.23. The van der Waals surface area contributed by atoms with Crippen LogP contribution < -0.4 is 24.3 Å². The molecule has 0 bridgehead atoms. The van der Waals surface area contributed by atoms with Gasteiger partial charge in [-0.1, -0.05) is 56.3 Å². The maximum Gasteiger partial charge on any atom is 0.413 e. The highest BCUT2D eigenvalue weighted by Gasteiger charge is 2.40. The van der Waals surface area contributed by atoms with Gasteiger partial charge < -0.3 is 48.5 Å². The van der Waals surface area contributed by atoms with Crippen LogP contribution in [0.4, 0.5) is 4.79 Å². The molecule has 4 atom stereocenters. The highest BCUT2D eigenvalue weighted by molar-refractivity contribution is 5.73. The summed E-state index contributed by atoms with van der Waals surface area (Å²) < 4.78 is 40.1. The topological polar surface area (TPSA) is 151 Å². The van der Waals surface area contributed by atoms with Crippen molar-refractivity contribution in [1.82, 2.24) is 10.2 Å². The number of para-hydroxylation sites is 3. The van der Waals surface area contributed by atoms with Gasteiger partial charge in [0.1, 0.15) is 18.1 Å². The van der Waals surface area contributed by atoms with Gasteiger partial charge in [0.05, 0.1) is 58.1 Å². The third kappa shape index (κ3) is 12.9. The summed E-state index contributed by atoms with van der Waals surface area (Å²) in [5, 5.41) is 14.2. The normalized spacial score (nSPS) is 17.4. The van der Waals surface area contributed by atoms with E-state index in [9.17, 15) is 19.5 Å². The fourth-order valence-electron chi connectivity index (χ4n) is 5.81. The number of nitrogens with zero attached hydrogens (tertiary/aromatic N) is 1.